The summed E-state index contributed by atoms with van der Waals surface area (Å²) in [7, 11) is 4.08. The number of carbonyl (C=O) groups is 1. The lowest BCUT2D eigenvalue weighted by atomic mass is 10.1. The topological polar surface area (TPSA) is 53.4 Å². The predicted octanol–water partition coefficient (Wildman–Crippen LogP) is 0.852. The average Bonchev–Trinajstić information content (AvgIpc) is 2.71. The Bertz CT molecular complexity index is 517. The number of piperazine rings is 1. The molecule has 0 saturated carbocycles. The van der Waals surface area contributed by atoms with Crippen molar-refractivity contribution in [3.05, 3.63) is 17.0 Å². The minimum atomic E-state index is 0.00805. The van der Waals surface area contributed by atoms with Crippen molar-refractivity contribution in [2.45, 2.75) is 33.2 Å². The quantitative estimate of drug-likeness (QED) is 0.876. The van der Waals surface area contributed by atoms with E-state index in [1.165, 1.54) is 0 Å². The van der Waals surface area contributed by atoms with Gasteiger partial charge < -0.3 is 15.1 Å². The van der Waals surface area contributed by atoms with E-state index in [1.807, 2.05) is 32.5 Å². The molecule has 1 N–H and O–H groups in total. The zero-order valence-corrected chi connectivity index (χ0v) is 14.5. The zero-order valence-electron chi connectivity index (χ0n) is 14.5. The molecule has 2 rings (SSSR count). The Morgan fingerprint density at radius 2 is 1.86 bits per heavy atom. The van der Waals surface area contributed by atoms with Gasteiger partial charge in [0.05, 0.1) is 11.7 Å². The molecule has 0 radical (unpaired) electrons. The number of rotatable bonds is 5. The number of hydrogen-bond donors (Lipinski definition) is 1. The van der Waals surface area contributed by atoms with E-state index in [0.29, 0.717) is 6.42 Å². The molecule has 6 nitrogen and oxygen atoms in total. The lowest BCUT2D eigenvalue weighted by Crippen LogP contribution is -2.45. The lowest BCUT2D eigenvalue weighted by molar-refractivity contribution is -0.122. The Kier molecular flexibility index (Phi) is 5.58. The summed E-state index contributed by atoms with van der Waals surface area (Å²) in [5, 5.41) is 7.53. The molecule has 0 aliphatic carbocycles. The molecule has 1 aliphatic rings. The molecule has 2 heterocycles. The first-order valence-electron chi connectivity index (χ1n) is 8.09. The van der Waals surface area contributed by atoms with E-state index in [4.69, 9.17) is 0 Å². The first-order valence-corrected chi connectivity index (χ1v) is 8.09. The van der Waals surface area contributed by atoms with Crippen LogP contribution in [0, 0.1) is 13.8 Å². The smallest absolute Gasteiger partial charge is 0.221 e. The van der Waals surface area contributed by atoms with E-state index in [0.717, 1.165) is 49.7 Å². The highest BCUT2D eigenvalue weighted by molar-refractivity contribution is 5.76. The summed E-state index contributed by atoms with van der Waals surface area (Å²) in [6.07, 6.45) is 0.562. The van der Waals surface area contributed by atoms with Crippen LogP contribution >= 0.6 is 0 Å². The maximum absolute atomic E-state index is 12.2. The number of carbonyl (C=O) groups excluding carboxylic acids is 1. The van der Waals surface area contributed by atoms with Crippen LogP contribution in [0.25, 0.3) is 0 Å². The van der Waals surface area contributed by atoms with Gasteiger partial charge in [0.25, 0.3) is 0 Å². The van der Waals surface area contributed by atoms with Gasteiger partial charge >= 0.3 is 0 Å². The van der Waals surface area contributed by atoms with E-state index in [1.54, 1.807) is 0 Å². The molecular weight excluding hydrogens is 278 g/mol. The molecule has 0 bridgehead atoms. The summed E-state index contributed by atoms with van der Waals surface area (Å²) < 4.78 is 1.87. The molecule has 1 saturated heterocycles. The molecular formula is C16H29N5O. The Morgan fingerprint density at radius 1 is 1.23 bits per heavy atom. The van der Waals surface area contributed by atoms with Crippen molar-refractivity contribution in [3.8, 4) is 0 Å². The van der Waals surface area contributed by atoms with Crippen LogP contribution in [-0.4, -0.2) is 65.3 Å². The average molecular weight is 307 g/mol. The molecule has 1 aromatic heterocycles. The Morgan fingerprint density at radius 3 is 2.41 bits per heavy atom. The summed E-state index contributed by atoms with van der Waals surface area (Å²) in [6, 6.07) is 0.00805. The summed E-state index contributed by atoms with van der Waals surface area (Å²) >= 11 is 0. The normalized spacial score (nSPS) is 18.4. The van der Waals surface area contributed by atoms with Crippen molar-refractivity contribution < 1.29 is 4.79 Å². The van der Waals surface area contributed by atoms with E-state index in [9.17, 15) is 4.79 Å². The van der Waals surface area contributed by atoms with E-state index in [2.05, 4.69) is 27.3 Å². The molecule has 0 aromatic carbocycles. The van der Waals surface area contributed by atoms with Crippen LogP contribution in [0.4, 0.5) is 0 Å². The molecule has 1 atom stereocenters. The second-order valence-electron chi connectivity index (χ2n) is 6.39. The van der Waals surface area contributed by atoms with Gasteiger partial charge in [-0.15, -0.1) is 0 Å². The van der Waals surface area contributed by atoms with Gasteiger partial charge in [0.15, 0.2) is 0 Å². The Hall–Kier alpha value is -1.40. The largest absolute Gasteiger partial charge is 0.349 e. The summed E-state index contributed by atoms with van der Waals surface area (Å²) in [5.74, 6) is 0.120. The van der Waals surface area contributed by atoms with Crippen LogP contribution in [0.15, 0.2) is 0 Å². The van der Waals surface area contributed by atoms with Crippen molar-refractivity contribution in [1.82, 2.24) is 24.9 Å². The minimum Gasteiger partial charge on any atom is -0.349 e. The number of amides is 1. The predicted molar refractivity (Wildman–Crippen MR) is 87.8 cm³/mol. The molecule has 22 heavy (non-hydrogen) atoms. The fourth-order valence-corrected chi connectivity index (χ4v) is 3.13. The summed E-state index contributed by atoms with van der Waals surface area (Å²) in [4.78, 5) is 16.9. The van der Waals surface area contributed by atoms with Gasteiger partial charge in [0.1, 0.15) is 0 Å². The highest BCUT2D eigenvalue weighted by Gasteiger charge is 2.19. The van der Waals surface area contributed by atoms with Crippen LogP contribution in [0.3, 0.4) is 0 Å². The molecule has 1 fully saturated rings. The monoisotopic (exact) mass is 307 g/mol. The fourth-order valence-electron chi connectivity index (χ4n) is 3.13. The third-order valence-electron chi connectivity index (χ3n) is 4.63. The molecule has 6 heteroatoms. The van der Waals surface area contributed by atoms with Crippen LogP contribution in [-0.2, 0) is 11.8 Å². The first kappa shape index (κ1) is 17.0. The minimum absolute atomic E-state index is 0.00805. The molecule has 1 unspecified atom stereocenters. The first-order chi connectivity index (χ1) is 10.4. The molecule has 0 spiro atoms. The van der Waals surface area contributed by atoms with E-state index < -0.39 is 0 Å². The third-order valence-corrected chi connectivity index (χ3v) is 4.63. The van der Waals surface area contributed by atoms with Crippen LogP contribution in [0.2, 0.25) is 0 Å². The third kappa shape index (κ3) is 4.08. The number of aryl methyl sites for hydroxylation is 2. The van der Waals surface area contributed by atoms with E-state index >= 15 is 0 Å². The van der Waals surface area contributed by atoms with Gasteiger partial charge in [-0.25, -0.2) is 0 Å². The summed E-state index contributed by atoms with van der Waals surface area (Å²) in [6.45, 7) is 11.2. The second kappa shape index (κ2) is 7.24. The molecule has 1 amide bonds. The van der Waals surface area contributed by atoms with Gasteiger partial charge in [0.2, 0.25) is 5.91 Å². The summed E-state index contributed by atoms with van der Waals surface area (Å²) in [5.41, 5.74) is 3.24. The lowest BCUT2D eigenvalue weighted by Gasteiger charge is -2.32. The standard InChI is InChI=1S/C16H29N5O/c1-12(16-13(2)18-20(5)14(16)3)17-15(22)6-7-21-10-8-19(4)9-11-21/h12H,6-11H2,1-5H3,(H,17,22). The Labute approximate surface area is 133 Å². The van der Waals surface area contributed by atoms with Crippen molar-refractivity contribution in [3.63, 3.8) is 0 Å². The van der Waals surface area contributed by atoms with Gasteiger partial charge in [-0.3, -0.25) is 9.48 Å². The fraction of sp³-hybridized carbons (Fsp3) is 0.750. The van der Waals surface area contributed by atoms with Gasteiger partial charge in [0, 0.05) is 57.4 Å². The molecule has 1 aliphatic heterocycles. The van der Waals surface area contributed by atoms with Crippen LogP contribution in [0.5, 0.6) is 0 Å². The Balaban J connectivity index is 1.81. The molecule has 124 valence electrons. The number of nitrogens with one attached hydrogen (secondary N) is 1. The number of hydrogen-bond acceptors (Lipinski definition) is 4. The number of likely N-dealkylation sites (N-methyl/N-ethyl adjacent to an activating group) is 1. The SMILES string of the molecule is Cc1nn(C)c(C)c1C(C)NC(=O)CCN1CCN(C)CC1. The van der Waals surface area contributed by atoms with Crippen LogP contribution < -0.4 is 5.32 Å². The van der Waals surface area contributed by atoms with Crippen molar-refractivity contribution in [2.75, 3.05) is 39.8 Å². The number of nitrogens with zero attached hydrogens (tertiary/aromatic N) is 4. The highest BCUT2D eigenvalue weighted by atomic mass is 16.1. The highest BCUT2D eigenvalue weighted by Crippen LogP contribution is 2.20. The van der Waals surface area contributed by atoms with Crippen LogP contribution in [0.1, 0.15) is 36.3 Å². The molecule has 1 aromatic rings. The van der Waals surface area contributed by atoms with Gasteiger partial charge in [-0.05, 0) is 27.8 Å². The van der Waals surface area contributed by atoms with Crippen molar-refractivity contribution >= 4 is 5.91 Å². The maximum Gasteiger partial charge on any atom is 0.221 e. The second-order valence-corrected chi connectivity index (χ2v) is 6.39. The van der Waals surface area contributed by atoms with Gasteiger partial charge in [-0.1, -0.05) is 0 Å². The zero-order chi connectivity index (χ0) is 16.3. The van der Waals surface area contributed by atoms with Crippen molar-refractivity contribution in [1.29, 1.82) is 0 Å². The van der Waals surface area contributed by atoms with E-state index in [-0.39, 0.29) is 11.9 Å². The van der Waals surface area contributed by atoms with Gasteiger partial charge in [-0.2, -0.15) is 5.10 Å². The number of aromatic nitrogens is 2. The van der Waals surface area contributed by atoms with Crippen molar-refractivity contribution in [2.24, 2.45) is 7.05 Å². The maximum atomic E-state index is 12.2.